The number of aliphatic carboxylic acids is 1. The summed E-state index contributed by atoms with van der Waals surface area (Å²) >= 11 is 0. The van der Waals surface area contributed by atoms with Crippen molar-refractivity contribution in [2.75, 3.05) is 20.7 Å². The average Bonchev–Trinajstić information content (AvgIpc) is 2.16. The van der Waals surface area contributed by atoms with Gasteiger partial charge in [0.05, 0.1) is 6.61 Å². The van der Waals surface area contributed by atoms with Gasteiger partial charge in [-0.15, -0.1) is 0 Å². The number of esters is 1. The van der Waals surface area contributed by atoms with Crippen molar-refractivity contribution in [1.29, 1.82) is 0 Å². The molecule has 1 atom stereocenters. The van der Waals surface area contributed by atoms with Gasteiger partial charge in [0.25, 0.3) is 0 Å². The predicted octanol–water partition coefficient (Wildman–Crippen LogP) is 0.901. The first-order valence-corrected chi connectivity index (χ1v) is 4.95. The van der Waals surface area contributed by atoms with Crippen LogP contribution in [0.25, 0.3) is 0 Å². The van der Waals surface area contributed by atoms with Crippen molar-refractivity contribution < 1.29 is 19.4 Å². The molecule has 92 valence electrons. The fourth-order valence-corrected chi connectivity index (χ4v) is 0.987. The Morgan fingerprint density at radius 1 is 1.44 bits per heavy atom. The summed E-state index contributed by atoms with van der Waals surface area (Å²) in [7, 11) is 3.35. The second-order valence-corrected chi connectivity index (χ2v) is 4.14. The highest BCUT2D eigenvalue weighted by atomic mass is 16.5. The Morgan fingerprint density at radius 2 is 1.94 bits per heavy atom. The van der Waals surface area contributed by atoms with E-state index in [9.17, 15) is 9.59 Å². The lowest BCUT2D eigenvalue weighted by molar-refractivity contribution is -0.152. The first-order valence-electron chi connectivity index (χ1n) is 4.95. The summed E-state index contributed by atoms with van der Waals surface area (Å²) in [5.41, 5.74) is -0.725. The molecule has 1 N–H and O–H groups in total. The highest BCUT2D eigenvalue weighted by molar-refractivity contribution is 5.87. The van der Waals surface area contributed by atoms with Crippen LogP contribution >= 0.6 is 0 Å². The summed E-state index contributed by atoms with van der Waals surface area (Å²) in [5.74, 6) is -1.43. The number of nitrogens with zero attached hydrogens (tertiary/aromatic N) is 1. The normalized spacial score (nSPS) is 14.3. The molecular formula is C11H19NO4. The maximum Gasteiger partial charge on any atom is 0.333 e. The summed E-state index contributed by atoms with van der Waals surface area (Å²) in [4.78, 5) is 23.7. The molecule has 0 saturated carbocycles. The van der Waals surface area contributed by atoms with Crippen molar-refractivity contribution in [3.05, 3.63) is 12.2 Å². The molecular weight excluding hydrogens is 210 g/mol. The number of carbonyl (C=O) groups excluding carboxylic acids is 1. The van der Waals surface area contributed by atoms with Gasteiger partial charge in [-0.25, -0.2) is 4.79 Å². The zero-order valence-corrected chi connectivity index (χ0v) is 10.2. The van der Waals surface area contributed by atoms with Gasteiger partial charge in [-0.1, -0.05) is 6.58 Å². The molecule has 0 rings (SSSR count). The van der Waals surface area contributed by atoms with Gasteiger partial charge in [0.1, 0.15) is 5.54 Å². The van der Waals surface area contributed by atoms with Gasteiger partial charge in [0, 0.05) is 12.0 Å². The number of ether oxygens (including phenoxy) is 1. The van der Waals surface area contributed by atoms with Gasteiger partial charge in [0.15, 0.2) is 0 Å². The zero-order chi connectivity index (χ0) is 12.9. The highest BCUT2D eigenvalue weighted by Gasteiger charge is 2.35. The summed E-state index contributed by atoms with van der Waals surface area (Å²) in [5, 5.41) is 9.08. The smallest absolute Gasteiger partial charge is 0.333 e. The van der Waals surface area contributed by atoms with Gasteiger partial charge in [-0.05, 0) is 27.9 Å². The Balaban J connectivity index is 4.31. The molecule has 0 saturated heterocycles. The molecule has 0 spiro atoms. The molecule has 0 aliphatic carbocycles. The van der Waals surface area contributed by atoms with E-state index < -0.39 is 17.5 Å². The van der Waals surface area contributed by atoms with Crippen LogP contribution in [0, 0.1) is 0 Å². The number of carbonyl (C=O) groups is 2. The van der Waals surface area contributed by atoms with E-state index in [2.05, 4.69) is 6.58 Å². The molecule has 0 heterocycles. The van der Waals surface area contributed by atoms with E-state index >= 15 is 0 Å². The van der Waals surface area contributed by atoms with Gasteiger partial charge in [0.2, 0.25) is 0 Å². The molecule has 0 aromatic carbocycles. The van der Waals surface area contributed by atoms with E-state index in [1.165, 1.54) is 0 Å². The predicted molar refractivity (Wildman–Crippen MR) is 60.1 cm³/mol. The molecule has 0 amide bonds. The maximum absolute atomic E-state index is 11.1. The minimum absolute atomic E-state index is 0.0622. The van der Waals surface area contributed by atoms with Crippen LogP contribution in [-0.4, -0.2) is 48.2 Å². The Bertz CT molecular complexity index is 298. The SMILES string of the molecule is C=C(C)C(=O)OCCC(C)(C(=O)O)N(C)C. The van der Waals surface area contributed by atoms with Crippen LogP contribution in [0.5, 0.6) is 0 Å². The van der Waals surface area contributed by atoms with E-state index in [4.69, 9.17) is 9.84 Å². The third-order valence-corrected chi connectivity index (χ3v) is 2.62. The Kier molecular flexibility index (Phi) is 5.17. The van der Waals surface area contributed by atoms with E-state index in [1.54, 1.807) is 32.8 Å². The number of hydrogen-bond acceptors (Lipinski definition) is 4. The Hall–Kier alpha value is -1.36. The van der Waals surface area contributed by atoms with Crippen LogP contribution in [0.2, 0.25) is 0 Å². The van der Waals surface area contributed by atoms with E-state index in [0.717, 1.165) is 0 Å². The van der Waals surface area contributed by atoms with Gasteiger partial charge >= 0.3 is 11.9 Å². The minimum atomic E-state index is -1.03. The number of carboxylic acids is 1. The topological polar surface area (TPSA) is 66.8 Å². The fraction of sp³-hybridized carbons (Fsp3) is 0.636. The van der Waals surface area contributed by atoms with Crippen molar-refractivity contribution in [2.24, 2.45) is 0 Å². The molecule has 0 aliphatic heterocycles. The molecule has 0 radical (unpaired) electrons. The lowest BCUT2D eigenvalue weighted by Crippen LogP contribution is -2.49. The summed E-state index contributed by atoms with van der Waals surface area (Å²) in [6.45, 7) is 6.63. The molecule has 0 aromatic heterocycles. The lowest BCUT2D eigenvalue weighted by Gasteiger charge is -2.31. The van der Waals surface area contributed by atoms with Crippen LogP contribution in [0.3, 0.4) is 0 Å². The van der Waals surface area contributed by atoms with E-state index in [0.29, 0.717) is 5.57 Å². The number of carboxylic acid groups (broad SMARTS) is 1. The Labute approximate surface area is 95.7 Å². The quantitative estimate of drug-likeness (QED) is 0.541. The summed E-state index contributed by atoms with van der Waals surface area (Å²) in [6.07, 6.45) is 0.231. The standard InChI is InChI=1S/C11H19NO4/c1-8(2)9(13)16-7-6-11(3,10(14)15)12(4)5/h1,6-7H2,2-5H3,(H,14,15). The van der Waals surface area contributed by atoms with Crippen LogP contribution in [0.15, 0.2) is 12.2 Å². The molecule has 1 unspecified atom stereocenters. The monoisotopic (exact) mass is 229 g/mol. The number of likely N-dealkylation sites (N-methyl/N-ethyl adjacent to an activating group) is 1. The first-order chi connectivity index (χ1) is 7.21. The van der Waals surface area contributed by atoms with Crippen molar-refractivity contribution >= 4 is 11.9 Å². The molecule has 16 heavy (non-hydrogen) atoms. The summed E-state index contributed by atoms with van der Waals surface area (Å²) in [6, 6.07) is 0. The molecule has 0 fully saturated rings. The zero-order valence-electron chi connectivity index (χ0n) is 10.2. The van der Waals surface area contributed by atoms with Crippen LogP contribution in [0.1, 0.15) is 20.3 Å². The molecule has 0 bridgehead atoms. The highest BCUT2D eigenvalue weighted by Crippen LogP contribution is 2.16. The average molecular weight is 229 g/mol. The first kappa shape index (κ1) is 14.6. The Morgan fingerprint density at radius 3 is 2.25 bits per heavy atom. The number of rotatable bonds is 6. The summed E-state index contributed by atoms with van der Waals surface area (Å²) < 4.78 is 4.87. The third kappa shape index (κ3) is 3.66. The molecule has 5 nitrogen and oxygen atoms in total. The molecule has 0 aromatic rings. The largest absolute Gasteiger partial charge is 0.480 e. The van der Waals surface area contributed by atoms with Gasteiger partial charge in [-0.3, -0.25) is 9.69 Å². The fourth-order valence-electron chi connectivity index (χ4n) is 0.987. The van der Waals surface area contributed by atoms with Crippen LogP contribution < -0.4 is 0 Å². The lowest BCUT2D eigenvalue weighted by atomic mass is 9.97. The van der Waals surface area contributed by atoms with Crippen molar-refractivity contribution in [3.8, 4) is 0 Å². The minimum Gasteiger partial charge on any atom is -0.480 e. The van der Waals surface area contributed by atoms with Gasteiger partial charge < -0.3 is 9.84 Å². The van der Waals surface area contributed by atoms with E-state index in [1.807, 2.05) is 0 Å². The molecule has 0 aliphatic rings. The van der Waals surface area contributed by atoms with E-state index in [-0.39, 0.29) is 13.0 Å². The molecule has 5 heteroatoms. The number of hydrogen-bond donors (Lipinski definition) is 1. The van der Waals surface area contributed by atoms with Crippen molar-refractivity contribution in [1.82, 2.24) is 4.90 Å². The van der Waals surface area contributed by atoms with Crippen molar-refractivity contribution in [2.45, 2.75) is 25.8 Å². The van der Waals surface area contributed by atoms with Crippen LogP contribution in [0.4, 0.5) is 0 Å². The van der Waals surface area contributed by atoms with Gasteiger partial charge in [-0.2, -0.15) is 0 Å². The second-order valence-electron chi connectivity index (χ2n) is 4.14. The van der Waals surface area contributed by atoms with Crippen molar-refractivity contribution in [3.63, 3.8) is 0 Å². The third-order valence-electron chi connectivity index (χ3n) is 2.62. The second kappa shape index (κ2) is 5.65. The maximum atomic E-state index is 11.1. The van der Waals surface area contributed by atoms with Crippen LogP contribution in [-0.2, 0) is 14.3 Å².